The molecule has 1 aliphatic heterocycles. The van der Waals surface area contributed by atoms with E-state index in [0.29, 0.717) is 13.1 Å². The van der Waals surface area contributed by atoms with E-state index < -0.39 is 0 Å². The number of nitrogens with zero attached hydrogens (tertiary/aromatic N) is 1. The SMILES string of the molecule is CCC(C(=O)N1CCC(NC(=O)CC(N)c2ccccc2)CC1)c1ccccc1. The molecular weight excluding hydrogens is 362 g/mol. The number of carbonyl (C=O) groups is 2. The van der Waals surface area contributed by atoms with Crippen molar-refractivity contribution in [3.05, 3.63) is 71.8 Å². The van der Waals surface area contributed by atoms with Gasteiger partial charge >= 0.3 is 0 Å². The van der Waals surface area contributed by atoms with Gasteiger partial charge in [-0.3, -0.25) is 9.59 Å². The first-order valence-electron chi connectivity index (χ1n) is 10.5. The van der Waals surface area contributed by atoms with Gasteiger partial charge in [0.2, 0.25) is 11.8 Å². The van der Waals surface area contributed by atoms with Gasteiger partial charge in [-0.15, -0.1) is 0 Å². The molecule has 2 amide bonds. The second-order valence-corrected chi connectivity index (χ2v) is 7.76. The molecule has 0 spiro atoms. The summed E-state index contributed by atoms with van der Waals surface area (Å²) in [6, 6.07) is 19.5. The molecule has 0 aliphatic carbocycles. The molecule has 154 valence electrons. The molecule has 3 N–H and O–H groups in total. The zero-order valence-corrected chi connectivity index (χ0v) is 17.1. The first-order valence-corrected chi connectivity index (χ1v) is 10.5. The van der Waals surface area contributed by atoms with Crippen LogP contribution in [-0.2, 0) is 9.59 Å². The minimum Gasteiger partial charge on any atom is -0.353 e. The van der Waals surface area contributed by atoms with Crippen molar-refractivity contribution in [3.8, 4) is 0 Å². The summed E-state index contributed by atoms with van der Waals surface area (Å²) >= 11 is 0. The Morgan fingerprint density at radius 3 is 2.10 bits per heavy atom. The van der Waals surface area contributed by atoms with E-state index in [1.165, 1.54) is 0 Å². The highest BCUT2D eigenvalue weighted by molar-refractivity contribution is 5.84. The lowest BCUT2D eigenvalue weighted by Gasteiger charge is -2.34. The minimum atomic E-state index is -0.297. The maximum Gasteiger partial charge on any atom is 0.230 e. The fraction of sp³-hybridized carbons (Fsp3) is 0.417. The van der Waals surface area contributed by atoms with Crippen LogP contribution in [0.3, 0.4) is 0 Å². The van der Waals surface area contributed by atoms with Crippen LogP contribution in [0, 0.1) is 0 Å². The quantitative estimate of drug-likeness (QED) is 0.757. The van der Waals surface area contributed by atoms with Crippen LogP contribution in [0.2, 0.25) is 0 Å². The van der Waals surface area contributed by atoms with E-state index in [2.05, 4.69) is 12.2 Å². The van der Waals surface area contributed by atoms with Gasteiger partial charge in [-0.25, -0.2) is 0 Å². The molecule has 1 heterocycles. The summed E-state index contributed by atoms with van der Waals surface area (Å²) < 4.78 is 0. The molecule has 5 heteroatoms. The Kier molecular flexibility index (Phi) is 7.42. The second kappa shape index (κ2) is 10.2. The smallest absolute Gasteiger partial charge is 0.230 e. The summed E-state index contributed by atoms with van der Waals surface area (Å²) in [4.78, 5) is 27.3. The zero-order chi connectivity index (χ0) is 20.6. The van der Waals surface area contributed by atoms with Gasteiger partial charge in [0.15, 0.2) is 0 Å². The first kappa shape index (κ1) is 21.1. The lowest BCUT2D eigenvalue weighted by molar-refractivity contribution is -0.134. The number of rotatable bonds is 7. The third-order valence-electron chi connectivity index (χ3n) is 5.71. The van der Waals surface area contributed by atoms with Gasteiger partial charge in [-0.2, -0.15) is 0 Å². The number of benzene rings is 2. The number of amides is 2. The molecule has 1 fully saturated rings. The molecule has 1 saturated heterocycles. The Morgan fingerprint density at radius 1 is 1.00 bits per heavy atom. The number of hydrogen-bond acceptors (Lipinski definition) is 3. The predicted molar refractivity (Wildman–Crippen MR) is 115 cm³/mol. The Bertz CT molecular complexity index is 786. The highest BCUT2D eigenvalue weighted by Gasteiger charge is 2.29. The van der Waals surface area contributed by atoms with Crippen molar-refractivity contribution in [1.82, 2.24) is 10.2 Å². The summed E-state index contributed by atoms with van der Waals surface area (Å²) in [5.74, 6) is 0.0719. The first-order chi connectivity index (χ1) is 14.1. The standard InChI is InChI=1S/C24H31N3O2/c1-2-21(18-9-5-3-6-10-18)24(29)27-15-13-20(14-16-27)26-23(28)17-22(25)19-11-7-4-8-12-19/h3-12,20-22H,2,13-17,25H2,1H3,(H,26,28). The lowest BCUT2D eigenvalue weighted by Crippen LogP contribution is -2.48. The van der Waals surface area contributed by atoms with E-state index in [0.717, 1.165) is 30.4 Å². The van der Waals surface area contributed by atoms with Crippen LogP contribution in [0.25, 0.3) is 0 Å². The van der Waals surface area contributed by atoms with Gasteiger partial charge in [0.05, 0.1) is 5.92 Å². The fourth-order valence-corrected chi connectivity index (χ4v) is 4.01. The maximum absolute atomic E-state index is 13.0. The Hall–Kier alpha value is -2.66. The monoisotopic (exact) mass is 393 g/mol. The second-order valence-electron chi connectivity index (χ2n) is 7.76. The summed E-state index contributed by atoms with van der Waals surface area (Å²) in [5, 5.41) is 3.10. The molecule has 2 aromatic rings. The average Bonchev–Trinajstić information content (AvgIpc) is 2.76. The van der Waals surface area contributed by atoms with E-state index in [4.69, 9.17) is 5.73 Å². The van der Waals surface area contributed by atoms with Gasteiger partial charge in [-0.1, -0.05) is 67.6 Å². The number of nitrogens with one attached hydrogen (secondary N) is 1. The zero-order valence-electron chi connectivity index (χ0n) is 17.1. The molecule has 0 saturated carbocycles. The normalized spacial score (nSPS) is 16.8. The summed E-state index contributed by atoms with van der Waals surface area (Å²) in [7, 11) is 0. The van der Waals surface area contributed by atoms with E-state index in [-0.39, 0.29) is 36.2 Å². The van der Waals surface area contributed by atoms with E-state index in [1.54, 1.807) is 0 Å². The van der Waals surface area contributed by atoms with Crippen LogP contribution in [0.5, 0.6) is 0 Å². The Balaban J connectivity index is 1.47. The van der Waals surface area contributed by atoms with Crippen LogP contribution in [-0.4, -0.2) is 35.8 Å². The molecule has 2 atom stereocenters. The average molecular weight is 394 g/mol. The molecule has 3 rings (SSSR count). The molecule has 29 heavy (non-hydrogen) atoms. The van der Waals surface area contributed by atoms with Crippen LogP contribution in [0.1, 0.15) is 55.7 Å². The van der Waals surface area contributed by atoms with Crippen molar-refractivity contribution in [1.29, 1.82) is 0 Å². The van der Waals surface area contributed by atoms with Crippen LogP contribution < -0.4 is 11.1 Å². The summed E-state index contributed by atoms with van der Waals surface area (Å²) in [6.45, 7) is 3.41. The molecule has 5 nitrogen and oxygen atoms in total. The highest BCUT2D eigenvalue weighted by atomic mass is 16.2. The third kappa shape index (κ3) is 5.67. The largest absolute Gasteiger partial charge is 0.353 e. The number of piperidine rings is 1. The fourth-order valence-electron chi connectivity index (χ4n) is 4.01. The molecule has 1 aliphatic rings. The maximum atomic E-state index is 13.0. The van der Waals surface area contributed by atoms with Gasteiger partial charge in [0, 0.05) is 31.6 Å². The van der Waals surface area contributed by atoms with Crippen molar-refractivity contribution >= 4 is 11.8 Å². The predicted octanol–water partition coefficient (Wildman–Crippen LogP) is 3.38. The van der Waals surface area contributed by atoms with Gasteiger partial charge in [0.1, 0.15) is 0 Å². The van der Waals surface area contributed by atoms with E-state index >= 15 is 0 Å². The number of carbonyl (C=O) groups excluding carboxylic acids is 2. The number of hydrogen-bond donors (Lipinski definition) is 2. The van der Waals surface area contributed by atoms with Crippen LogP contribution >= 0.6 is 0 Å². The van der Waals surface area contributed by atoms with Crippen molar-refractivity contribution in [2.75, 3.05) is 13.1 Å². The molecule has 2 unspecified atom stereocenters. The van der Waals surface area contributed by atoms with Crippen molar-refractivity contribution in [2.24, 2.45) is 5.73 Å². The highest BCUT2D eigenvalue weighted by Crippen LogP contribution is 2.24. The topological polar surface area (TPSA) is 75.4 Å². The molecule has 0 radical (unpaired) electrons. The Morgan fingerprint density at radius 2 is 1.55 bits per heavy atom. The molecule has 0 aromatic heterocycles. The molecular formula is C24H31N3O2. The van der Waals surface area contributed by atoms with Crippen molar-refractivity contribution < 1.29 is 9.59 Å². The molecule has 2 aromatic carbocycles. The van der Waals surface area contributed by atoms with Crippen LogP contribution in [0.4, 0.5) is 0 Å². The molecule has 0 bridgehead atoms. The van der Waals surface area contributed by atoms with E-state index in [1.807, 2.05) is 65.6 Å². The van der Waals surface area contributed by atoms with Gasteiger partial charge < -0.3 is 16.0 Å². The minimum absolute atomic E-state index is 0.0261. The number of nitrogens with two attached hydrogens (primary N) is 1. The lowest BCUT2D eigenvalue weighted by atomic mass is 9.93. The summed E-state index contributed by atoms with van der Waals surface area (Å²) in [6.07, 6.45) is 2.62. The van der Waals surface area contributed by atoms with Gasteiger partial charge in [-0.05, 0) is 30.4 Å². The third-order valence-corrected chi connectivity index (χ3v) is 5.71. The number of likely N-dealkylation sites (tertiary alicyclic amines) is 1. The summed E-state index contributed by atoms with van der Waals surface area (Å²) in [5.41, 5.74) is 8.19. The Labute approximate surface area is 173 Å². The van der Waals surface area contributed by atoms with E-state index in [9.17, 15) is 9.59 Å². The van der Waals surface area contributed by atoms with Crippen LogP contribution in [0.15, 0.2) is 60.7 Å². The van der Waals surface area contributed by atoms with Crippen molar-refractivity contribution in [2.45, 2.75) is 50.6 Å². The van der Waals surface area contributed by atoms with Crippen molar-refractivity contribution in [3.63, 3.8) is 0 Å². The van der Waals surface area contributed by atoms with Gasteiger partial charge in [0.25, 0.3) is 0 Å².